The summed E-state index contributed by atoms with van der Waals surface area (Å²) in [6, 6.07) is 6.87. The fourth-order valence-electron chi connectivity index (χ4n) is 3.46. The topological polar surface area (TPSA) is 126 Å². The summed E-state index contributed by atoms with van der Waals surface area (Å²) < 4.78 is 38.7. The van der Waals surface area contributed by atoms with Gasteiger partial charge in [-0.25, -0.2) is 0 Å². The molecule has 0 aliphatic carbocycles. The van der Waals surface area contributed by atoms with Gasteiger partial charge in [-0.05, 0) is 42.4 Å². The van der Waals surface area contributed by atoms with E-state index >= 15 is 0 Å². The third-order valence-corrected chi connectivity index (χ3v) is 5.17. The Morgan fingerprint density at radius 1 is 1.22 bits per heavy atom. The SMILES string of the molecule is CC(C)C=C(C#N)C(=O)N(C)c1cccc(CC(NCC(F)(F)F)C(=O)N[C@@H](CC(C)C)B(O)O)c1. The lowest BCUT2D eigenvalue weighted by Gasteiger charge is -2.25. The van der Waals surface area contributed by atoms with Gasteiger partial charge in [0.1, 0.15) is 11.6 Å². The van der Waals surface area contributed by atoms with Crippen LogP contribution >= 0.6 is 0 Å². The summed E-state index contributed by atoms with van der Waals surface area (Å²) in [6.07, 6.45) is -2.99. The molecule has 0 aliphatic rings. The van der Waals surface area contributed by atoms with Crippen molar-refractivity contribution >= 4 is 24.6 Å². The summed E-state index contributed by atoms with van der Waals surface area (Å²) in [5.74, 6) is -2.45. The minimum atomic E-state index is -4.57. The molecule has 4 N–H and O–H groups in total. The standard InChI is InChI=1S/C24H34BF3N4O4/c1-15(2)9-18(13-29)23(34)32(5)19-8-6-7-17(11-19)12-20(30-14-24(26,27)28)22(33)31-21(25(35)36)10-16(3)4/h6-9,11,15-16,20-21,30,35-36H,10,12,14H2,1-5H3,(H,31,33)/t20?,21-/m0/s1. The Kier molecular flexibility index (Phi) is 12.1. The largest absolute Gasteiger partial charge is 0.475 e. The Labute approximate surface area is 210 Å². The van der Waals surface area contributed by atoms with Gasteiger partial charge in [0.15, 0.2) is 0 Å². The number of nitriles is 1. The molecule has 2 atom stereocenters. The van der Waals surface area contributed by atoms with Gasteiger partial charge in [-0.2, -0.15) is 18.4 Å². The minimum Gasteiger partial charge on any atom is -0.426 e. The molecule has 1 aromatic carbocycles. The van der Waals surface area contributed by atoms with Gasteiger partial charge in [0.05, 0.1) is 18.5 Å². The number of amides is 2. The smallest absolute Gasteiger partial charge is 0.426 e. The van der Waals surface area contributed by atoms with Crippen LogP contribution in [0, 0.1) is 23.2 Å². The molecule has 0 saturated carbocycles. The highest BCUT2D eigenvalue weighted by Crippen LogP contribution is 2.20. The Hall–Kier alpha value is -2.88. The fraction of sp³-hybridized carbons (Fsp3) is 0.542. The molecule has 1 aromatic rings. The van der Waals surface area contributed by atoms with E-state index in [4.69, 9.17) is 0 Å². The Bertz CT molecular complexity index is 961. The van der Waals surface area contributed by atoms with Gasteiger partial charge in [0, 0.05) is 12.7 Å². The number of rotatable bonds is 12. The van der Waals surface area contributed by atoms with Gasteiger partial charge in [0.2, 0.25) is 5.91 Å². The molecule has 198 valence electrons. The lowest BCUT2D eigenvalue weighted by atomic mass is 9.75. The first kappa shape index (κ1) is 31.2. The number of hydrogen-bond donors (Lipinski definition) is 4. The van der Waals surface area contributed by atoms with Crippen molar-refractivity contribution in [2.24, 2.45) is 11.8 Å². The third kappa shape index (κ3) is 10.8. The maximum absolute atomic E-state index is 12.9. The van der Waals surface area contributed by atoms with E-state index in [1.807, 2.05) is 19.9 Å². The number of hydrogen-bond acceptors (Lipinski definition) is 6. The van der Waals surface area contributed by atoms with Gasteiger partial charge >= 0.3 is 13.3 Å². The Morgan fingerprint density at radius 3 is 2.36 bits per heavy atom. The highest BCUT2D eigenvalue weighted by molar-refractivity contribution is 6.43. The van der Waals surface area contributed by atoms with Crippen molar-refractivity contribution in [2.75, 3.05) is 18.5 Å². The van der Waals surface area contributed by atoms with E-state index in [0.29, 0.717) is 11.3 Å². The second-order valence-electron chi connectivity index (χ2n) is 9.38. The van der Waals surface area contributed by atoms with Crippen molar-refractivity contribution in [1.82, 2.24) is 10.6 Å². The van der Waals surface area contributed by atoms with Crippen molar-refractivity contribution in [3.8, 4) is 6.07 Å². The average molecular weight is 510 g/mol. The zero-order chi connectivity index (χ0) is 27.6. The number of likely N-dealkylation sites (N-methyl/N-ethyl adjacent to an activating group) is 1. The quantitative estimate of drug-likeness (QED) is 0.194. The van der Waals surface area contributed by atoms with Crippen molar-refractivity contribution in [1.29, 1.82) is 5.26 Å². The molecule has 36 heavy (non-hydrogen) atoms. The second-order valence-corrected chi connectivity index (χ2v) is 9.38. The number of carbonyl (C=O) groups excluding carboxylic acids is 2. The molecule has 0 fully saturated rings. The van der Waals surface area contributed by atoms with Crippen LogP contribution in [0.3, 0.4) is 0 Å². The lowest BCUT2D eigenvalue weighted by Crippen LogP contribution is -2.55. The van der Waals surface area contributed by atoms with Crippen LogP contribution in [0.4, 0.5) is 18.9 Å². The predicted molar refractivity (Wildman–Crippen MR) is 132 cm³/mol. The summed E-state index contributed by atoms with van der Waals surface area (Å²) in [4.78, 5) is 26.8. The highest BCUT2D eigenvalue weighted by Gasteiger charge is 2.33. The molecule has 0 aliphatic heterocycles. The summed E-state index contributed by atoms with van der Waals surface area (Å²) in [7, 11) is -0.408. The van der Waals surface area contributed by atoms with Crippen LogP contribution in [0.25, 0.3) is 0 Å². The number of anilines is 1. The van der Waals surface area contributed by atoms with Crippen molar-refractivity contribution in [3.63, 3.8) is 0 Å². The third-order valence-electron chi connectivity index (χ3n) is 5.17. The molecule has 0 spiro atoms. The van der Waals surface area contributed by atoms with E-state index in [2.05, 4.69) is 10.6 Å². The maximum atomic E-state index is 12.9. The van der Waals surface area contributed by atoms with Crippen LogP contribution < -0.4 is 15.5 Å². The van der Waals surface area contributed by atoms with Crippen molar-refractivity contribution in [2.45, 2.75) is 58.7 Å². The summed E-state index contributed by atoms with van der Waals surface area (Å²) >= 11 is 0. The molecule has 2 amide bonds. The highest BCUT2D eigenvalue weighted by atomic mass is 19.4. The first-order chi connectivity index (χ1) is 16.6. The first-order valence-corrected chi connectivity index (χ1v) is 11.6. The molecule has 0 bridgehead atoms. The van der Waals surface area contributed by atoms with Gasteiger partial charge < -0.3 is 20.3 Å². The van der Waals surface area contributed by atoms with E-state index in [0.717, 1.165) is 0 Å². The van der Waals surface area contributed by atoms with Gasteiger partial charge in [-0.15, -0.1) is 0 Å². The van der Waals surface area contributed by atoms with E-state index in [-0.39, 0.29) is 30.3 Å². The van der Waals surface area contributed by atoms with Gasteiger partial charge in [-0.3, -0.25) is 14.9 Å². The fourth-order valence-corrected chi connectivity index (χ4v) is 3.46. The number of alkyl halides is 3. The van der Waals surface area contributed by atoms with Crippen molar-refractivity contribution < 1.29 is 32.8 Å². The molecule has 0 radical (unpaired) electrons. The summed E-state index contributed by atoms with van der Waals surface area (Å²) in [6.45, 7) is 5.83. The zero-order valence-corrected chi connectivity index (χ0v) is 21.1. The van der Waals surface area contributed by atoms with E-state index in [1.54, 1.807) is 38.1 Å². The average Bonchev–Trinajstić information content (AvgIpc) is 2.77. The zero-order valence-electron chi connectivity index (χ0n) is 21.1. The number of halogens is 3. The number of carbonyl (C=O) groups is 2. The Morgan fingerprint density at radius 2 is 1.86 bits per heavy atom. The molecule has 0 aromatic heterocycles. The van der Waals surface area contributed by atoms with Crippen LogP contribution in [-0.4, -0.2) is 60.7 Å². The molecule has 1 unspecified atom stereocenters. The molecule has 8 nitrogen and oxygen atoms in total. The Balaban J connectivity index is 3.17. The normalized spacial score (nSPS) is 13.8. The maximum Gasteiger partial charge on any atom is 0.475 e. The summed E-state index contributed by atoms with van der Waals surface area (Å²) in [5, 5.41) is 33.1. The van der Waals surface area contributed by atoms with Crippen LogP contribution in [0.2, 0.25) is 0 Å². The van der Waals surface area contributed by atoms with Crippen LogP contribution in [0.15, 0.2) is 35.9 Å². The van der Waals surface area contributed by atoms with Gasteiger partial charge in [0.25, 0.3) is 5.91 Å². The monoisotopic (exact) mass is 510 g/mol. The molecule has 12 heteroatoms. The molecule has 0 saturated heterocycles. The van der Waals surface area contributed by atoms with Crippen molar-refractivity contribution in [3.05, 3.63) is 41.5 Å². The first-order valence-electron chi connectivity index (χ1n) is 11.6. The van der Waals surface area contributed by atoms with E-state index < -0.39 is 43.6 Å². The molecular formula is C24H34BF3N4O4. The number of benzene rings is 1. The number of allylic oxidation sites excluding steroid dienone is 1. The predicted octanol–water partition coefficient (Wildman–Crippen LogP) is 2.36. The van der Waals surface area contributed by atoms with Crippen LogP contribution in [0.5, 0.6) is 0 Å². The van der Waals surface area contributed by atoms with Crippen LogP contribution in [0.1, 0.15) is 39.7 Å². The van der Waals surface area contributed by atoms with Gasteiger partial charge in [-0.1, -0.05) is 45.9 Å². The second kappa shape index (κ2) is 14.0. The van der Waals surface area contributed by atoms with Crippen LogP contribution in [-0.2, 0) is 16.0 Å². The molecular weight excluding hydrogens is 476 g/mol. The minimum absolute atomic E-state index is 0.00788. The van der Waals surface area contributed by atoms with E-state index in [9.17, 15) is 38.1 Å². The lowest BCUT2D eigenvalue weighted by molar-refractivity contribution is -0.132. The summed E-state index contributed by atoms with van der Waals surface area (Å²) in [5.41, 5.74) is 0.805. The van der Waals surface area contributed by atoms with E-state index in [1.165, 1.54) is 18.0 Å². The molecule has 0 heterocycles. The number of nitrogens with zero attached hydrogens (tertiary/aromatic N) is 2. The number of nitrogens with one attached hydrogen (secondary N) is 2. The molecule has 1 rings (SSSR count).